The summed E-state index contributed by atoms with van der Waals surface area (Å²) in [6.45, 7) is 2.01. The summed E-state index contributed by atoms with van der Waals surface area (Å²) in [6, 6.07) is 5.08. The van der Waals surface area contributed by atoms with Crippen LogP contribution in [0.1, 0.15) is 18.9 Å². The second-order valence-corrected chi connectivity index (χ2v) is 4.21. The summed E-state index contributed by atoms with van der Waals surface area (Å²) in [7, 11) is 0. The van der Waals surface area contributed by atoms with Gasteiger partial charge in [-0.05, 0) is 24.1 Å². The van der Waals surface area contributed by atoms with E-state index in [1.165, 1.54) is 0 Å². The van der Waals surface area contributed by atoms with Crippen LogP contribution in [0, 0.1) is 0 Å². The van der Waals surface area contributed by atoms with Crippen LogP contribution in [0.2, 0.25) is 0 Å². The molecule has 0 aromatic heterocycles. The lowest BCUT2D eigenvalue weighted by molar-refractivity contribution is -0.140. The maximum absolute atomic E-state index is 11.6. The van der Waals surface area contributed by atoms with E-state index < -0.39 is 30.4 Å². The fourth-order valence-corrected chi connectivity index (χ4v) is 1.55. The summed E-state index contributed by atoms with van der Waals surface area (Å²) >= 11 is 0. The lowest BCUT2D eigenvalue weighted by Crippen LogP contribution is -2.45. The molecule has 1 aromatic carbocycles. The van der Waals surface area contributed by atoms with Crippen LogP contribution in [0.25, 0.3) is 0 Å². The number of aryl methyl sites for hydroxylation is 1. The SMILES string of the molecule is CCc1ccc(NC(=O)N[C@H](CC(N)=O)C(=O)O)cc1. The largest absolute Gasteiger partial charge is 0.480 e. The smallest absolute Gasteiger partial charge is 0.326 e. The summed E-state index contributed by atoms with van der Waals surface area (Å²) in [5.74, 6) is -2.12. The number of hydrogen-bond acceptors (Lipinski definition) is 3. The highest BCUT2D eigenvalue weighted by molar-refractivity contribution is 5.93. The maximum Gasteiger partial charge on any atom is 0.326 e. The number of carbonyl (C=O) groups is 3. The van der Waals surface area contributed by atoms with Crippen molar-refractivity contribution < 1.29 is 19.5 Å². The molecule has 7 heteroatoms. The third-order valence-electron chi connectivity index (χ3n) is 2.63. The number of benzene rings is 1. The highest BCUT2D eigenvalue weighted by atomic mass is 16.4. The first-order chi connectivity index (χ1) is 9.42. The van der Waals surface area contributed by atoms with Crippen molar-refractivity contribution in [2.45, 2.75) is 25.8 Å². The van der Waals surface area contributed by atoms with Gasteiger partial charge in [0.25, 0.3) is 0 Å². The molecule has 5 N–H and O–H groups in total. The van der Waals surface area contributed by atoms with Crippen LogP contribution < -0.4 is 16.4 Å². The van der Waals surface area contributed by atoms with Gasteiger partial charge in [-0.3, -0.25) is 4.79 Å². The van der Waals surface area contributed by atoms with Gasteiger partial charge in [0, 0.05) is 5.69 Å². The molecule has 7 nitrogen and oxygen atoms in total. The molecule has 0 bridgehead atoms. The minimum absolute atomic E-state index is 0.461. The normalized spacial score (nSPS) is 11.4. The van der Waals surface area contributed by atoms with Gasteiger partial charge in [0.15, 0.2) is 0 Å². The van der Waals surface area contributed by atoms with Crippen molar-refractivity contribution >= 4 is 23.6 Å². The fourth-order valence-electron chi connectivity index (χ4n) is 1.55. The molecule has 0 aliphatic heterocycles. The highest BCUT2D eigenvalue weighted by Crippen LogP contribution is 2.09. The van der Waals surface area contributed by atoms with Gasteiger partial charge in [0.1, 0.15) is 6.04 Å². The molecule has 1 atom stereocenters. The van der Waals surface area contributed by atoms with Crippen molar-refractivity contribution in [2.75, 3.05) is 5.32 Å². The zero-order valence-corrected chi connectivity index (χ0v) is 11.1. The standard InChI is InChI=1S/C13H17N3O4/c1-2-8-3-5-9(6-4-8)15-13(20)16-10(12(18)19)7-11(14)17/h3-6,10H,2,7H2,1H3,(H2,14,17)(H,18,19)(H2,15,16,20)/t10-/m1/s1. The molecule has 0 radical (unpaired) electrons. The number of urea groups is 1. The fraction of sp³-hybridized carbons (Fsp3) is 0.308. The predicted molar refractivity (Wildman–Crippen MR) is 73.2 cm³/mol. The van der Waals surface area contributed by atoms with Crippen molar-refractivity contribution in [2.24, 2.45) is 5.73 Å². The van der Waals surface area contributed by atoms with Gasteiger partial charge in [0.05, 0.1) is 6.42 Å². The second kappa shape index (κ2) is 7.13. The van der Waals surface area contributed by atoms with Crippen LogP contribution in [0.5, 0.6) is 0 Å². The van der Waals surface area contributed by atoms with Gasteiger partial charge >= 0.3 is 12.0 Å². The maximum atomic E-state index is 11.6. The Morgan fingerprint density at radius 2 is 1.85 bits per heavy atom. The molecule has 3 amide bonds. The zero-order valence-electron chi connectivity index (χ0n) is 11.1. The van der Waals surface area contributed by atoms with Gasteiger partial charge in [0.2, 0.25) is 5.91 Å². The zero-order chi connectivity index (χ0) is 15.1. The highest BCUT2D eigenvalue weighted by Gasteiger charge is 2.21. The molecular formula is C13H17N3O4. The van der Waals surface area contributed by atoms with E-state index in [4.69, 9.17) is 10.8 Å². The van der Waals surface area contributed by atoms with Crippen LogP contribution in [0.15, 0.2) is 24.3 Å². The van der Waals surface area contributed by atoms with E-state index in [2.05, 4.69) is 10.6 Å². The molecule has 0 saturated carbocycles. The lowest BCUT2D eigenvalue weighted by atomic mass is 10.1. The number of anilines is 1. The summed E-state index contributed by atoms with van der Waals surface area (Å²) < 4.78 is 0. The first-order valence-corrected chi connectivity index (χ1v) is 6.10. The Hall–Kier alpha value is -2.57. The average Bonchev–Trinajstić information content (AvgIpc) is 2.38. The third-order valence-corrected chi connectivity index (χ3v) is 2.63. The van der Waals surface area contributed by atoms with Gasteiger partial charge in [-0.25, -0.2) is 9.59 Å². The van der Waals surface area contributed by atoms with Crippen LogP contribution in [0.3, 0.4) is 0 Å². The van der Waals surface area contributed by atoms with Crippen LogP contribution in [-0.2, 0) is 16.0 Å². The van der Waals surface area contributed by atoms with Crippen molar-refractivity contribution in [3.8, 4) is 0 Å². The number of aliphatic carboxylic acids is 1. The molecule has 1 aromatic rings. The Kier molecular flexibility index (Phi) is 5.52. The van der Waals surface area contributed by atoms with Crippen molar-refractivity contribution in [1.82, 2.24) is 5.32 Å². The van der Waals surface area contributed by atoms with Gasteiger partial charge in [-0.2, -0.15) is 0 Å². The second-order valence-electron chi connectivity index (χ2n) is 4.21. The minimum atomic E-state index is -1.34. The molecule has 0 fully saturated rings. The van der Waals surface area contributed by atoms with E-state index in [-0.39, 0.29) is 0 Å². The van der Waals surface area contributed by atoms with Gasteiger partial charge in [-0.1, -0.05) is 19.1 Å². The van der Waals surface area contributed by atoms with E-state index >= 15 is 0 Å². The molecule has 0 heterocycles. The Morgan fingerprint density at radius 1 is 1.25 bits per heavy atom. The van der Waals surface area contributed by atoms with Gasteiger partial charge < -0.3 is 21.5 Å². The average molecular weight is 279 g/mol. The molecule has 0 spiro atoms. The van der Waals surface area contributed by atoms with Crippen LogP contribution in [0.4, 0.5) is 10.5 Å². The predicted octanol–water partition coefficient (Wildman–Crippen LogP) is 0.699. The summed E-state index contributed by atoms with van der Waals surface area (Å²) in [6.07, 6.45) is 0.420. The Bertz CT molecular complexity index is 499. The summed E-state index contributed by atoms with van der Waals surface area (Å²) in [4.78, 5) is 33.2. The Balaban J connectivity index is 2.60. The van der Waals surface area contributed by atoms with E-state index in [1.54, 1.807) is 12.1 Å². The number of hydrogen-bond donors (Lipinski definition) is 4. The number of carboxylic acids is 1. The summed E-state index contributed by atoms with van der Waals surface area (Å²) in [5.41, 5.74) is 6.57. The molecule has 0 unspecified atom stereocenters. The number of rotatable bonds is 6. The number of nitrogens with one attached hydrogen (secondary N) is 2. The first kappa shape index (κ1) is 15.5. The lowest BCUT2D eigenvalue weighted by Gasteiger charge is -2.13. The number of carboxylic acid groups (broad SMARTS) is 1. The van der Waals surface area contributed by atoms with Crippen LogP contribution >= 0.6 is 0 Å². The third kappa shape index (κ3) is 4.97. The minimum Gasteiger partial charge on any atom is -0.480 e. The number of carbonyl (C=O) groups excluding carboxylic acids is 2. The van der Waals surface area contributed by atoms with Crippen molar-refractivity contribution in [1.29, 1.82) is 0 Å². The monoisotopic (exact) mass is 279 g/mol. The molecule has 1 rings (SSSR count). The first-order valence-electron chi connectivity index (χ1n) is 6.10. The molecule has 0 saturated heterocycles. The quantitative estimate of drug-likeness (QED) is 0.612. The molecule has 108 valence electrons. The number of nitrogens with two attached hydrogens (primary N) is 1. The summed E-state index contributed by atoms with van der Waals surface area (Å²) in [5, 5.41) is 13.5. The van der Waals surface area contributed by atoms with Gasteiger partial charge in [-0.15, -0.1) is 0 Å². The van der Waals surface area contributed by atoms with E-state index in [0.29, 0.717) is 5.69 Å². The Labute approximate surface area is 116 Å². The molecule has 20 heavy (non-hydrogen) atoms. The van der Waals surface area contributed by atoms with Crippen molar-refractivity contribution in [3.05, 3.63) is 29.8 Å². The topological polar surface area (TPSA) is 122 Å². The van der Waals surface area contributed by atoms with E-state index in [9.17, 15) is 14.4 Å². The number of primary amides is 1. The van der Waals surface area contributed by atoms with Crippen LogP contribution in [-0.4, -0.2) is 29.1 Å². The van der Waals surface area contributed by atoms with Crippen molar-refractivity contribution in [3.63, 3.8) is 0 Å². The molecule has 0 aliphatic rings. The number of amides is 3. The van der Waals surface area contributed by atoms with E-state index in [1.807, 2.05) is 19.1 Å². The Morgan fingerprint density at radius 3 is 2.30 bits per heavy atom. The van der Waals surface area contributed by atoms with E-state index in [0.717, 1.165) is 12.0 Å². The molecule has 0 aliphatic carbocycles. The molecular weight excluding hydrogens is 262 g/mol.